The normalized spacial score (nSPS) is 10.5. The summed E-state index contributed by atoms with van der Waals surface area (Å²) in [6.45, 7) is 0.370. The van der Waals surface area contributed by atoms with E-state index in [0.717, 1.165) is 5.69 Å². The van der Waals surface area contributed by atoms with Crippen molar-refractivity contribution in [3.63, 3.8) is 0 Å². The Labute approximate surface area is 193 Å². The van der Waals surface area contributed by atoms with Crippen molar-refractivity contribution in [2.75, 3.05) is 12.4 Å². The maximum absolute atomic E-state index is 11.8. The number of carbonyl (C=O) groups is 2. The van der Waals surface area contributed by atoms with Crippen LogP contribution in [0.15, 0.2) is 66.9 Å². The summed E-state index contributed by atoms with van der Waals surface area (Å²) in [7, 11) is 1.46. The average molecular weight is 464 g/mol. The zero-order valence-electron chi connectivity index (χ0n) is 17.4. The monoisotopic (exact) mass is 463 g/mol. The number of nitrogens with one attached hydrogen (secondary N) is 1. The number of hydrogen-bond acceptors (Lipinski definition) is 7. The van der Waals surface area contributed by atoms with Gasteiger partial charge in [-0.3, -0.25) is 14.6 Å². The van der Waals surface area contributed by atoms with Crippen LogP contribution in [0.4, 0.5) is 11.4 Å². The highest BCUT2D eigenvalue weighted by Crippen LogP contribution is 2.36. The molecule has 9 heteroatoms. The van der Waals surface area contributed by atoms with Crippen molar-refractivity contribution in [1.29, 1.82) is 0 Å². The molecule has 0 unspecified atom stereocenters. The van der Waals surface area contributed by atoms with E-state index in [2.05, 4.69) is 10.3 Å². The van der Waals surface area contributed by atoms with Gasteiger partial charge >= 0.3 is 0 Å². The van der Waals surface area contributed by atoms with Crippen molar-refractivity contribution in [3.05, 3.63) is 77.4 Å². The number of fused-ring (bicyclic) bond motifs is 1. The molecule has 0 saturated heterocycles. The molecule has 0 aliphatic carbocycles. The first-order valence-electron chi connectivity index (χ1n) is 9.70. The summed E-state index contributed by atoms with van der Waals surface area (Å²) in [5.74, 6) is 1.13. The SMILES string of the molecule is COc1cc2nccc(Oc3ccc(Nc4ccc(OC=O)cc4)c(Cl)c3)c2cc1C(N)=O. The fourth-order valence-electron chi connectivity index (χ4n) is 3.21. The van der Waals surface area contributed by atoms with Crippen LogP contribution in [0.2, 0.25) is 5.02 Å². The van der Waals surface area contributed by atoms with Gasteiger partial charge in [-0.2, -0.15) is 0 Å². The average Bonchev–Trinajstić information content (AvgIpc) is 2.81. The number of carbonyl (C=O) groups excluding carboxylic acids is 2. The predicted octanol–water partition coefficient (Wildman–Crippen LogP) is 5.07. The minimum absolute atomic E-state index is 0.227. The van der Waals surface area contributed by atoms with Gasteiger partial charge in [0.15, 0.2) is 0 Å². The van der Waals surface area contributed by atoms with Crippen LogP contribution >= 0.6 is 11.6 Å². The Bertz CT molecular complexity index is 1340. The molecule has 33 heavy (non-hydrogen) atoms. The molecule has 0 spiro atoms. The van der Waals surface area contributed by atoms with E-state index >= 15 is 0 Å². The van der Waals surface area contributed by atoms with Gasteiger partial charge in [-0.1, -0.05) is 11.6 Å². The van der Waals surface area contributed by atoms with Gasteiger partial charge in [-0.25, -0.2) is 0 Å². The van der Waals surface area contributed by atoms with Crippen LogP contribution in [0.3, 0.4) is 0 Å². The third kappa shape index (κ3) is 4.81. The highest BCUT2D eigenvalue weighted by atomic mass is 35.5. The number of aromatic nitrogens is 1. The fourth-order valence-corrected chi connectivity index (χ4v) is 3.43. The summed E-state index contributed by atoms with van der Waals surface area (Å²) in [5, 5.41) is 4.22. The number of anilines is 2. The standard InChI is InChI=1S/C24H18ClN3O5/c1-31-23-12-21-17(11-18(23)24(26)30)22(8-9-27-21)33-16-6-7-20(19(25)10-16)28-14-2-4-15(5-3-14)32-13-29/h2-13,28H,1H3,(H2,26,30). The number of ether oxygens (including phenoxy) is 3. The summed E-state index contributed by atoms with van der Waals surface area (Å²) in [6, 6.07) is 16.9. The highest BCUT2D eigenvalue weighted by molar-refractivity contribution is 6.33. The Balaban J connectivity index is 1.59. The lowest BCUT2D eigenvalue weighted by molar-refractivity contribution is -0.120. The highest BCUT2D eigenvalue weighted by Gasteiger charge is 2.15. The molecule has 0 aliphatic rings. The molecule has 0 atom stereocenters. The lowest BCUT2D eigenvalue weighted by Crippen LogP contribution is -2.12. The second-order valence-electron chi connectivity index (χ2n) is 6.85. The van der Waals surface area contributed by atoms with E-state index in [1.165, 1.54) is 7.11 Å². The Morgan fingerprint density at radius 3 is 2.45 bits per heavy atom. The molecule has 4 aromatic rings. The zero-order valence-corrected chi connectivity index (χ0v) is 18.1. The van der Waals surface area contributed by atoms with E-state index in [1.807, 2.05) is 0 Å². The van der Waals surface area contributed by atoms with Crippen molar-refractivity contribution in [1.82, 2.24) is 4.98 Å². The van der Waals surface area contributed by atoms with Crippen LogP contribution < -0.4 is 25.3 Å². The second kappa shape index (κ2) is 9.46. The van der Waals surface area contributed by atoms with Crippen molar-refractivity contribution in [3.8, 4) is 23.0 Å². The Morgan fingerprint density at radius 2 is 1.79 bits per heavy atom. The molecule has 3 N–H and O–H groups in total. The van der Waals surface area contributed by atoms with Crippen molar-refractivity contribution in [2.24, 2.45) is 5.73 Å². The summed E-state index contributed by atoms with van der Waals surface area (Å²) >= 11 is 6.45. The largest absolute Gasteiger partial charge is 0.496 e. The molecule has 166 valence electrons. The lowest BCUT2D eigenvalue weighted by atomic mass is 10.1. The third-order valence-corrected chi connectivity index (χ3v) is 5.09. The molecule has 4 rings (SSSR count). The molecule has 3 aromatic carbocycles. The second-order valence-corrected chi connectivity index (χ2v) is 7.26. The van der Waals surface area contributed by atoms with Crippen LogP contribution in [0.25, 0.3) is 10.9 Å². The van der Waals surface area contributed by atoms with Crippen LogP contribution in [-0.2, 0) is 4.79 Å². The Morgan fingerprint density at radius 1 is 1.03 bits per heavy atom. The molecule has 0 bridgehead atoms. The summed E-state index contributed by atoms with van der Waals surface area (Å²) in [4.78, 5) is 26.5. The number of amides is 1. The van der Waals surface area contributed by atoms with Gasteiger partial charge < -0.3 is 25.3 Å². The third-order valence-electron chi connectivity index (χ3n) is 4.77. The first-order valence-corrected chi connectivity index (χ1v) is 10.1. The molecular formula is C24H18ClN3O5. The number of nitrogens with zero attached hydrogens (tertiary/aromatic N) is 1. The molecule has 0 fully saturated rings. The lowest BCUT2D eigenvalue weighted by Gasteiger charge is -2.13. The van der Waals surface area contributed by atoms with E-state index in [-0.39, 0.29) is 5.56 Å². The number of rotatable bonds is 8. The molecule has 0 saturated carbocycles. The summed E-state index contributed by atoms with van der Waals surface area (Å²) in [5.41, 5.74) is 7.71. The summed E-state index contributed by atoms with van der Waals surface area (Å²) in [6.07, 6.45) is 1.59. The number of primary amides is 1. The van der Waals surface area contributed by atoms with Crippen LogP contribution in [0, 0.1) is 0 Å². The van der Waals surface area contributed by atoms with Crippen LogP contribution in [0.5, 0.6) is 23.0 Å². The van der Waals surface area contributed by atoms with Gasteiger partial charge in [0, 0.05) is 29.4 Å². The minimum Gasteiger partial charge on any atom is -0.496 e. The van der Waals surface area contributed by atoms with Crippen molar-refractivity contribution >= 4 is 46.3 Å². The molecule has 1 aromatic heterocycles. The maximum atomic E-state index is 11.8. The van der Waals surface area contributed by atoms with E-state index in [9.17, 15) is 9.59 Å². The van der Waals surface area contributed by atoms with E-state index < -0.39 is 5.91 Å². The predicted molar refractivity (Wildman–Crippen MR) is 125 cm³/mol. The maximum Gasteiger partial charge on any atom is 0.298 e. The van der Waals surface area contributed by atoms with Crippen LogP contribution in [0.1, 0.15) is 10.4 Å². The molecule has 1 amide bonds. The number of nitrogens with two attached hydrogens (primary N) is 1. The topological polar surface area (TPSA) is 113 Å². The van der Waals surface area contributed by atoms with Crippen molar-refractivity contribution < 1.29 is 23.8 Å². The number of halogens is 1. The van der Waals surface area contributed by atoms with E-state index in [4.69, 9.17) is 31.5 Å². The van der Waals surface area contributed by atoms with E-state index in [1.54, 1.807) is 66.9 Å². The molecular weight excluding hydrogens is 446 g/mol. The molecule has 1 heterocycles. The van der Waals surface area contributed by atoms with Gasteiger partial charge in [0.25, 0.3) is 12.4 Å². The van der Waals surface area contributed by atoms with Gasteiger partial charge in [0.05, 0.1) is 28.9 Å². The van der Waals surface area contributed by atoms with Gasteiger partial charge in [0.2, 0.25) is 0 Å². The molecule has 0 aliphatic heterocycles. The molecule has 8 nitrogen and oxygen atoms in total. The first kappa shape index (κ1) is 21.9. The van der Waals surface area contributed by atoms with Gasteiger partial charge in [-0.15, -0.1) is 0 Å². The number of methoxy groups -OCH3 is 1. The van der Waals surface area contributed by atoms with Gasteiger partial charge in [-0.05, 0) is 48.5 Å². The quantitative estimate of drug-likeness (QED) is 0.351. The summed E-state index contributed by atoms with van der Waals surface area (Å²) < 4.78 is 16.1. The Kier molecular flexibility index (Phi) is 6.28. The van der Waals surface area contributed by atoms with Crippen LogP contribution in [-0.4, -0.2) is 24.5 Å². The smallest absolute Gasteiger partial charge is 0.298 e. The fraction of sp³-hybridized carbons (Fsp3) is 0.0417. The van der Waals surface area contributed by atoms with E-state index in [0.29, 0.717) is 51.1 Å². The van der Waals surface area contributed by atoms with Gasteiger partial charge in [0.1, 0.15) is 23.0 Å². The minimum atomic E-state index is -0.618. The number of pyridine rings is 1. The number of hydrogen-bond donors (Lipinski definition) is 2. The number of benzene rings is 3. The first-order chi connectivity index (χ1) is 16.0. The zero-order chi connectivity index (χ0) is 23.4. The van der Waals surface area contributed by atoms with Crippen molar-refractivity contribution in [2.45, 2.75) is 0 Å². The Hall–Kier alpha value is -4.30. The molecule has 0 radical (unpaired) electrons.